The van der Waals surface area contributed by atoms with E-state index in [9.17, 15) is 14.0 Å². The number of hydrogen-bond acceptors (Lipinski definition) is 2. The molecule has 1 amide bonds. The summed E-state index contributed by atoms with van der Waals surface area (Å²) in [5.41, 5.74) is 0.0775. The number of carbonyl (C=O) groups is 2. The zero-order chi connectivity index (χ0) is 15.7. The smallest absolute Gasteiger partial charge is 0.306 e. The van der Waals surface area contributed by atoms with E-state index in [1.165, 1.54) is 6.07 Å². The average Bonchev–Trinajstić information content (AvgIpc) is 3.11. The molecule has 2 aliphatic carbocycles. The summed E-state index contributed by atoms with van der Waals surface area (Å²) in [5.74, 6) is -1.46. The third kappa shape index (κ3) is 2.98. The zero-order valence-corrected chi connectivity index (χ0v) is 12.3. The van der Waals surface area contributed by atoms with Crippen molar-refractivity contribution in [2.75, 3.05) is 0 Å². The number of hydrogen-bond donors (Lipinski definition) is 2. The molecule has 2 fully saturated rings. The summed E-state index contributed by atoms with van der Waals surface area (Å²) in [6.07, 6.45) is 3.76. The van der Waals surface area contributed by atoms with Gasteiger partial charge in [0.2, 0.25) is 5.91 Å². The van der Waals surface area contributed by atoms with E-state index in [0.29, 0.717) is 31.2 Å². The van der Waals surface area contributed by atoms with E-state index in [2.05, 4.69) is 5.32 Å². The van der Waals surface area contributed by atoms with Crippen LogP contribution in [-0.4, -0.2) is 23.0 Å². The van der Waals surface area contributed by atoms with Gasteiger partial charge in [-0.3, -0.25) is 9.59 Å². The van der Waals surface area contributed by atoms with Gasteiger partial charge >= 0.3 is 5.97 Å². The Morgan fingerprint density at radius 3 is 2.59 bits per heavy atom. The van der Waals surface area contributed by atoms with Gasteiger partial charge in [0.15, 0.2) is 0 Å². The van der Waals surface area contributed by atoms with E-state index in [0.717, 1.165) is 12.8 Å². The molecule has 0 unspecified atom stereocenters. The summed E-state index contributed by atoms with van der Waals surface area (Å²) in [5, 5.41) is 12.0. The summed E-state index contributed by atoms with van der Waals surface area (Å²) >= 11 is 0. The van der Waals surface area contributed by atoms with Crippen molar-refractivity contribution < 1.29 is 19.1 Å². The zero-order valence-electron chi connectivity index (χ0n) is 12.3. The van der Waals surface area contributed by atoms with Crippen LogP contribution in [0.5, 0.6) is 0 Å². The molecule has 0 aromatic heterocycles. The van der Waals surface area contributed by atoms with E-state index in [1.807, 2.05) is 0 Å². The number of carbonyl (C=O) groups excluding carboxylic acids is 1. The summed E-state index contributed by atoms with van der Waals surface area (Å²) in [7, 11) is 0. The molecule has 4 nitrogen and oxygen atoms in total. The molecule has 22 heavy (non-hydrogen) atoms. The number of carboxylic acids is 1. The van der Waals surface area contributed by atoms with Crippen LogP contribution >= 0.6 is 0 Å². The number of amides is 1. The number of halogens is 1. The van der Waals surface area contributed by atoms with E-state index in [-0.39, 0.29) is 23.7 Å². The minimum Gasteiger partial charge on any atom is -0.481 e. The van der Waals surface area contributed by atoms with Crippen LogP contribution in [0.2, 0.25) is 0 Å². The molecule has 2 aliphatic rings. The molecular formula is C17H20FNO3. The lowest BCUT2D eigenvalue weighted by atomic mass is 9.94. The molecule has 1 aromatic carbocycles. The standard InChI is InChI=1S/C17H20FNO3/c18-14-4-2-1-3-12(14)10-17(7-8-17)16(22)19-13-6-5-11(9-13)15(20)21/h1-4,11,13H,5-10H2,(H,19,22)(H,20,21)/t11-,13+/m0/s1. The fourth-order valence-electron chi connectivity index (χ4n) is 3.32. The maximum Gasteiger partial charge on any atom is 0.306 e. The lowest BCUT2D eigenvalue weighted by Gasteiger charge is -2.19. The number of rotatable bonds is 5. The number of nitrogens with one attached hydrogen (secondary N) is 1. The quantitative estimate of drug-likeness (QED) is 0.878. The first-order valence-electron chi connectivity index (χ1n) is 7.77. The Morgan fingerprint density at radius 1 is 1.27 bits per heavy atom. The van der Waals surface area contributed by atoms with Crippen molar-refractivity contribution >= 4 is 11.9 Å². The molecule has 118 valence electrons. The van der Waals surface area contributed by atoms with Gasteiger partial charge in [-0.25, -0.2) is 4.39 Å². The third-order valence-electron chi connectivity index (χ3n) is 4.94. The van der Waals surface area contributed by atoms with Crippen LogP contribution < -0.4 is 5.32 Å². The molecule has 1 aromatic rings. The van der Waals surface area contributed by atoms with Gasteiger partial charge in [0.1, 0.15) is 5.82 Å². The lowest BCUT2D eigenvalue weighted by molar-refractivity contribution is -0.141. The summed E-state index contributed by atoms with van der Waals surface area (Å²) < 4.78 is 13.8. The van der Waals surface area contributed by atoms with Gasteiger partial charge in [-0.05, 0) is 50.2 Å². The van der Waals surface area contributed by atoms with Crippen molar-refractivity contribution in [2.45, 2.75) is 44.6 Å². The Bertz CT molecular complexity index is 597. The van der Waals surface area contributed by atoms with E-state index >= 15 is 0 Å². The molecule has 0 aliphatic heterocycles. The molecule has 3 rings (SSSR count). The van der Waals surface area contributed by atoms with Gasteiger partial charge < -0.3 is 10.4 Å². The second-order valence-corrected chi connectivity index (χ2v) is 6.57. The average molecular weight is 305 g/mol. The number of carboxylic acid groups (broad SMARTS) is 1. The highest BCUT2D eigenvalue weighted by molar-refractivity contribution is 5.86. The van der Waals surface area contributed by atoms with Crippen LogP contribution in [0.25, 0.3) is 0 Å². The van der Waals surface area contributed by atoms with Crippen molar-refractivity contribution in [1.29, 1.82) is 0 Å². The Kier molecular flexibility index (Phi) is 3.89. The van der Waals surface area contributed by atoms with Crippen LogP contribution in [-0.2, 0) is 16.0 Å². The molecule has 0 heterocycles. The predicted molar refractivity (Wildman–Crippen MR) is 78.7 cm³/mol. The fourth-order valence-corrected chi connectivity index (χ4v) is 3.32. The van der Waals surface area contributed by atoms with Crippen molar-refractivity contribution in [3.05, 3.63) is 35.6 Å². The van der Waals surface area contributed by atoms with Crippen LogP contribution in [0.15, 0.2) is 24.3 Å². The Balaban J connectivity index is 1.60. The topological polar surface area (TPSA) is 66.4 Å². The molecule has 0 radical (unpaired) electrons. The second-order valence-electron chi connectivity index (χ2n) is 6.57. The van der Waals surface area contributed by atoms with E-state index < -0.39 is 11.4 Å². The molecular weight excluding hydrogens is 285 g/mol. The largest absolute Gasteiger partial charge is 0.481 e. The molecule has 0 saturated heterocycles. The molecule has 2 N–H and O–H groups in total. The van der Waals surface area contributed by atoms with Crippen LogP contribution in [0.3, 0.4) is 0 Å². The van der Waals surface area contributed by atoms with Crippen LogP contribution in [0, 0.1) is 17.2 Å². The highest BCUT2D eigenvalue weighted by Crippen LogP contribution is 2.49. The van der Waals surface area contributed by atoms with Gasteiger partial charge in [-0.15, -0.1) is 0 Å². The monoisotopic (exact) mass is 305 g/mol. The van der Waals surface area contributed by atoms with Gasteiger partial charge in [-0.2, -0.15) is 0 Å². The van der Waals surface area contributed by atoms with Crippen molar-refractivity contribution in [2.24, 2.45) is 11.3 Å². The molecule has 0 bridgehead atoms. The van der Waals surface area contributed by atoms with E-state index in [1.54, 1.807) is 18.2 Å². The van der Waals surface area contributed by atoms with Crippen LogP contribution in [0.4, 0.5) is 4.39 Å². The highest BCUT2D eigenvalue weighted by Gasteiger charge is 2.50. The predicted octanol–water partition coefficient (Wildman–Crippen LogP) is 2.52. The SMILES string of the molecule is O=C(O)[C@H]1CC[C@@H](NC(=O)C2(Cc3ccccc3F)CC2)C1. The van der Waals surface area contributed by atoms with Crippen molar-refractivity contribution in [3.63, 3.8) is 0 Å². The Morgan fingerprint density at radius 2 is 2.00 bits per heavy atom. The Hall–Kier alpha value is -1.91. The summed E-state index contributed by atoms with van der Waals surface area (Å²) in [4.78, 5) is 23.5. The van der Waals surface area contributed by atoms with Gasteiger partial charge in [0.05, 0.1) is 11.3 Å². The first-order chi connectivity index (χ1) is 10.5. The maximum atomic E-state index is 13.8. The number of benzene rings is 1. The molecule has 2 atom stereocenters. The minimum atomic E-state index is -0.788. The normalized spacial score (nSPS) is 25.7. The summed E-state index contributed by atoms with van der Waals surface area (Å²) in [6, 6.07) is 6.49. The minimum absolute atomic E-state index is 0.0493. The van der Waals surface area contributed by atoms with Gasteiger partial charge in [-0.1, -0.05) is 18.2 Å². The number of aliphatic carboxylic acids is 1. The molecule has 2 saturated carbocycles. The first kappa shape index (κ1) is 15.0. The first-order valence-corrected chi connectivity index (χ1v) is 7.77. The maximum absolute atomic E-state index is 13.8. The third-order valence-corrected chi connectivity index (χ3v) is 4.94. The van der Waals surface area contributed by atoms with Crippen molar-refractivity contribution in [1.82, 2.24) is 5.32 Å². The highest BCUT2D eigenvalue weighted by atomic mass is 19.1. The van der Waals surface area contributed by atoms with Crippen LogP contribution in [0.1, 0.15) is 37.7 Å². The van der Waals surface area contributed by atoms with Gasteiger partial charge in [0.25, 0.3) is 0 Å². The molecule has 5 heteroatoms. The van der Waals surface area contributed by atoms with Crippen molar-refractivity contribution in [3.8, 4) is 0 Å². The van der Waals surface area contributed by atoms with Gasteiger partial charge in [0, 0.05) is 6.04 Å². The van der Waals surface area contributed by atoms with E-state index in [4.69, 9.17) is 5.11 Å². The molecule has 0 spiro atoms. The fraction of sp³-hybridized carbons (Fsp3) is 0.529. The lowest BCUT2D eigenvalue weighted by Crippen LogP contribution is -2.39. The second kappa shape index (κ2) is 5.71. The summed E-state index contributed by atoms with van der Waals surface area (Å²) in [6.45, 7) is 0. The Labute approximate surface area is 128 Å².